The molecule has 1 aromatic carbocycles. The number of ether oxygens (including phenoxy) is 2. The standard InChI is InChI=1S/C20H32N2O3.C16H30N2O3/c1-13(2)17(23)21-19(5,6)15-10-9-11-16(12-15)20(7,8)22-18(24)25-14(3)4;1-11(2)13(19)17-15(5)8-7-9-16(6,10-15)18-14(20)21-12(3)4/h9-14H,1-8H3,(H,21,23)(H,22,24);11-12H,7-10H2,1-6H3,(H,17,19)(H,18,20). The second-order valence-corrected chi connectivity index (χ2v) is 15.4. The predicted octanol–water partition coefficient (Wildman–Crippen LogP) is 7.05. The molecule has 2 unspecified atom stereocenters. The van der Waals surface area contributed by atoms with Crippen LogP contribution in [0.4, 0.5) is 9.59 Å². The molecule has 46 heavy (non-hydrogen) atoms. The Morgan fingerprint density at radius 3 is 1.57 bits per heavy atom. The molecular weight excluding hydrogens is 584 g/mol. The topological polar surface area (TPSA) is 135 Å². The molecule has 2 rings (SSSR count). The lowest BCUT2D eigenvalue weighted by atomic mass is 9.72. The lowest BCUT2D eigenvalue weighted by Gasteiger charge is -2.45. The summed E-state index contributed by atoms with van der Waals surface area (Å²) in [7, 11) is 0. The van der Waals surface area contributed by atoms with Crippen LogP contribution in [-0.4, -0.2) is 47.3 Å². The molecule has 0 bridgehead atoms. The van der Waals surface area contributed by atoms with Crippen molar-refractivity contribution < 1.29 is 28.7 Å². The maximum Gasteiger partial charge on any atom is 0.408 e. The van der Waals surface area contributed by atoms with Gasteiger partial charge >= 0.3 is 12.2 Å². The van der Waals surface area contributed by atoms with Crippen LogP contribution in [0, 0.1) is 11.8 Å². The molecule has 0 radical (unpaired) electrons. The highest BCUT2D eigenvalue weighted by Crippen LogP contribution is 2.35. The quantitative estimate of drug-likeness (QED) is 0.215. The summed E-state index contributed by atoms with van der Waals surface area (Å²) in [5.41, 5.74) is 0.193. The van der Waals surface area contributed by atoms with Crippen LogP contribution < -0.4 is 21.3 Å². The summed E-state index contributed by atoms with van der Waals surface area (Å²) in [5, 5.41) is 12.1. The summed E-state index contributed by atoms with van der Waals surface area (Å²) in [4.78, 5) is 47.9. The van der Waals surface area contributed by atoms with Gasteiger partial charge in [-0.2, -0.15) is 0 Å². The molecule has 4 amide bonds. The molecule has 10 nitrogen and oxygen atoms in total. The van der Waals surface area contributed by atoms with E-state index in [2.05, 4.69) is 28.2 Å². The first-order chi connectivity index (χ1) is 20.9. The van der Waals surface area contributed by atoms with Crippen LogP contribution in [0.3, 0.4) is 0 Å². The van der Waals surface area contributed by atoms with Crippen molar-refractivity contribution in [3.8, 4) is 0 Å². The minimum atomic E-state index is -0.597. The molecule has 262 valence electrons. The molecule has 1 saturated carbocycles. The molecule has 1 fully saturated rings. The van der Waals surface area contributed by atoms with Crippen molar-refractivity contribution in [3.05, 3.63) is 35.4 Å². The Bertz CT molecular complexity index is 1190. The van der Waals surface area contributed by atoms with Gasteiger partial charge in [0.05, 0.1) is 23.3 Å². The fourth-order valence-corrected chi connectivity index (χ4v) is 5.44. The molecule has 0 aromatic heterocycles. The zero-order valence-corrected chi connectivity index (χ0v) is 30.9. The van der Waals surface area contributed by atoms with E-state index in [0.29, 0.717) is 6.42 Å². The fraction of sp³-hybridized carbons (Fsp3) is 0.722. The minimum absolute atomic E-state index is 0.00768. The monoisotopic (exact) mass is 646 g/mol. The zero-order valence-electron chi connectivity index (χ0n) is 30.9. The van der Waals surface area contributed by atoms with E-state index in [1.807, 2.05) is 114 Å². The van der Waals surface area contributed by atoms with E-state index in [9.17, 15) is 19.2 Å². The first-order valence-electron chi connectivity index (χ1n) is 16.6. The third kappa shape index (κ3) is 13.6. The van der Waals surface area contributed by atoms with Gasteiger partial charge in [0.15, 0.2) is 0 Å². The number of benzene rings is 1. The number of rotatable bonds is 10. The van der Waals surface area contributed by atoms with Gasteiger partial charge in [0.25, 0.3) is 0 Å². The highest BCUT2D eigenvalue weighted by molar-refractivity contribution is 5.79. The van der Waals surface area contributed by atoms with Crippen LogP contribution in [0.5, 0.6) is 0 Å². The van der Waals surface area contributed by atoms with Crippen molar-refractivity contribution in [2.75, 3.05) is 0 Å². The van der Waals surface area contributed by atoms with Gasteiger partial charge in [-0.1, -0.05) is 52.0 Å². The summed E-state index contributed by atoms with van der Waals surface area (Å²) < 4.78 is 10.3. The van der Waals surface area contributed by atoms with Gasteiger partial charge in [-0.05, 0) is 106 Å². The van der Waals surface area contributed by atoms with E-state index in [0.717, 1.165) is 30.4 Å². The molecule has 0 spiro atoms. The molecule has 2 atom stereocenters. The molecule has 4 N–H and O–H groups in total. The van der Waals surface area contributed by atoms with E-state index in [1.54, 1.807) is 0 Å². The number of alkyl carbamates (subject to hydrolysis) is 2. The SMILES string of the molecule is CC(C)OC(=O)NC(C)(C)c1cccc(C(C)(C)NC(=O)C(C)C)c1.CC(C)OC(=O)NC1(C)CCCC(C)(NC(=O)C(C)C)C1. The van der Waals surface area contributed by atoms with Gasteiger partial charge in [0, 0.05) is 22.9 Å². The van der Waals surface area contributed by atoms with Crippen LogP contribution in [0.1, 0.15) is 134 Å². The van der Waals surface area contributed by atoms with Crippen molar-refractivity contribution in [2.45, 2.75) is 157 Å². The Balaban J connectivity index is 0.000000467. The fourth-order valence-electron chi connectivity index (χ4n) is 5.44. The van der Waals surface area contributed by atoms with Crippen LogP contribution in [-0.2, 0) is 30.1 Å². The van der Waals surface area contributed by atoms with Crippen LogP contribution in [0.15, 0.2) is 24.3 Å². The van der Waals surface area contributed by atoms with Gasteiger partial charge in [0.1, 0.15) is 0 Å². The summed E-state index contributed by atoms with van der Waals surface area (Å²) >= 11 is 0. The maximum absolute atomic E-state index is 12.1. The van der Waals surface area contributed by atoms with Crippen molar-refractivity contribution >= 4 is 24.0 Å². The molecule has 10 heteroatoms. The maximum atomic E-state index is 12.1. The smallest absolute Gasteiger partial charge is 0.408 e. The van der Waals surface area contributed by atoms with E-state index in [-0.39, 0.29) is 53.0 Å². The first kappa shape index (κ1) is 40.7. The molecule has 0 heterocycles. The summed E-state index contributed by atoms with van der Waals surface area (Å²) in [6, 6.07) is 7.88. The molecular formula is C36H62N4O6. The predicted molar refractivity (Wildman–Crippen MR) is 183 cm³/mol. The second kappa shape index (κ2) is 16.5. The zero-order chi connectivity index (χ0) is 35.7. The van der Waals surface area contributed by atoms with Crippen LogP contribution >= 0.6 is 0 Å². The largest absolute Gasteiger partial charge is 0.447 e. The average Bonchev–Trinajstić information content (AvgIpc) is 2.86. The number of carbonyl (C=O) groups is 4. The number of nitrogens with one attached hydrogen (secondary N) is 4. The second-order valence-electron chi connectivity index (χ2n) is 15.4. The molecule has 0 saturated heterocycles. The van der Waals surface area contributed by atoms with Gasteiger partial charge in [-0.25, -0.2) is 9.59 Å². The average molecular weight is 647 g/mol. The van der Waals surface area contributed by atoms with E-state index >= 15 is 0 Å². The highest BCUT2D eigenvalue weighted by atomic mass is 16.6. The van der Waals surface area contributed by atoms with E-state index < -0.39 is 17.2 Å². The van der Waals surface area contributed by atoms with Gasteiger partial charge < -0.3 is 30.7 Å². The summed E-state index contributed by atoms with van der Waals surface area (Å²) in [5.74, 6) is -0.0416. The Hall–Kier alpha value is -3.30. The Kier molecular flexibility index (Phi) is 14.6. The lowest BCUT2D eigenvalue weighted by molar-refractivity contribution is -0.127. The van der Waals surface area contributed by atoms with E-state index in [4.69, 9.17) is 9.47 Å². The Morgan fingerprint density at radius 1 is 0.674 bits per heavy atom. The van der Waals surface area contributed by atoms with Crippen LogP contribution in [0.2, 0.25) is 0 Å². The van der Waals surface area contributed by atoms with Gasteiger partial charge in [-0.3, -0.25) is 9.59 Å². The number of carbonyl (C=O) groups excluding carboxylic acids is 4. The van der Waals surface area contributed by atoms with Crippen molar-refractivity contribution in [1.82, 2.24) is 21.3 Å². The van der Waals surface area contributed by atoms with E-state index in [1.165, 1.54) is 0 Å². The molecule has 1 aromatic rings. The van der Waals surface area contributed by atoms with Gasteiger partial charge in [-0.15, -0.1) is 0 Å². The third-order valence-electron chi connectivity index (χ3n) is 7.96. The van der Waals surface area contributed by atoms with Crippen LogP contribution in [0.25, 0.3) is 0 Å². The Labute approximate surface area is 277 Å². The summed E-state index contributed by atoms with van der Waals surface area (Å²) in [6.07, 6.45) is 2.37. The van der Waals surface area contributed by atoms with Crippen molar-refractivity contribution in [2.24, 2.45) is 11.8 Å². The molecule has 0 aliphatic heterocycles. The van der Waals surface area contributed by atoms with Gasteiger partial charge in [0.2, 0.25) is 11.8 Å². The third-order valence-corrected chi connectivity index (χ3v) is 7.96. The first-order valence-corrected chi connectivity index (χ1v) is 16.6. The highest BCUT2D eigenvalue weighted by Gasteiger charge is 2.41. The van der Waals surface area contributed by atoms with Crippen molar-refractivity contribution in [1.29, 1.82) is 0 Å². The number of amides is 4. The molecule has 1 aliphatic carbocycles. The Morgan fingerprint density at radius 2 is 1.11 bits per heavy atom. The van der Waals surface area contributed by atoms with Crippen molar-refractivity contribution in [3.63, 3.8) is 0 Å². The lowest BCUT2D eigenvalue weighted by Crippen LogP contribution is -2.59. The number of hydrogen-bond donors (Lipinski definition) is 4. The number of hydrogen-bond acceptors (Lipinski definition) is 6. The minimum Gasteiger partial charge on any atom is -0.447 e. The molecule has 1 aliphatic rings. The normalized spacial score (nSPS) is 20.0. The summed E-state index contributed by atoms with van der Waals surface area (Å²) in [6.45, 7) is 26.7.